The van der Waals surface area contributed by atoms with Gasteiger partial charge in [-0.05, 0) is 12.1 Å². The van der Waals surface area contributed by atoms with E-state index in [1.54, 1.807) is 0 Å². The number of benzene rings is 1. The second-order valence-electron chi connectivity index (χ2n) is 4.36. The molecule has 1 aliphatic heterocycles. The first-order valence-electron chi connectivity index (χ1n) is 6.09. The van der Waals surface area contributed by atoms with Crippen molar-refractivity contribution in [1.29, 1.82) is 0 Å². The van der Waals surface area contributed by atoms with E-state index in [1.165, 1.54) is 0 Å². The number of aliphatic hydroxyl groups excluding tert-OH is 1. The molecular weight excluding hydrogens is 232 g/mol. The fourth-order valence-electron chi connectivity index (χ4n) is 1.91. The molecule has 1 aromatic rings. The first-order chi connectivity index (χ1) is 8.74. The van der Waals surface area contributed by atoms with Gasteiger partial charge < -0.3 is 15.2 Å². The van der Waals surface area contributed by atoms with E-state index in [4.69, 9.17) is 4.74 Å². The van der Waals surface area contributed by atoms with Gasteiger partial charge >= 0.3 is 0 Å². The number of amides is 1. The van der Waals surface area contributed by atoms with E-state index < -0.39 is 6.10 Å². The monoisotopic (exact) mass is 250 g/mol. The number of rotatable bonds is 5. The Morgan fingerprint density at radius 2 is 2.17 bits per heavy atom. The molecule has 0 aromatic heterocycles. The molecule has 5 heteroatoms. The first-order valence-corrected chi connectivity index (χ1v) is 6.09. The van der Waals surface area contributed by atoms with Crippen LogP contribution < -0.4 is 10.1 Å². The lowest BCUT2D eigenvalue weighted by Gasteiger charge is -2.28. The molecule has 1 aliphatic rings. The number of aliphatic hydroxyl groups is 1. The molecule has 1 aromatic carbocycles. The molecule has 0 bridgehead atoms. The minimum Gasteiger partial charge on any atom is -0.491 e. The molecule has 0 aliphatic carbocycles. The van der Waals surface area contributed by atoms with E-state index in [1.807, 2.05) is 35.2 Å². The summed E-state index contributed by atoms with van der Waals surface area (Å²) >= 11 is 0. The lowest BCUT2D eigenvalue weighted by atomic mass is 10.3. The third-order valence-electron chi connectivity index (χ3n) is 2.77. The first kappa shape index (κ1) is 12.9. The maximum absolute atomic E-state index is 11.2. The number of ether oxygens (including phenoxy) is 1. The van der Waals surface area contributed by atoms with Gasteiger partial charge in [-0.15, -0.1) is 0 Å². The molecule has 2 rings (SSSR count). The molecule has 0 unspecified atom stereocenters. The molecule has 0 radical (unpaired) electrons. The summed E-state index contributed by atoms with van der Waals surface area (Å²) in [7, 11) is 0. The molecule has 1 heterocycles. The molecule has 1 amide bonds. The third-order valence-corrected chi connectivity index (χ3v) is 2.77. The Labute approximate surface area is 106 Å². The summed E-state index contributed by atoms with van der Waals surface area (Å²) in [5.41, 5.74) is 0. The van der Waals surface area contributed by atoms with Gasteiger partial charge in [0.25, 0.3) is 0 Å². The second-order valence-corrected chi connectivity index (χ2v) is 4.36. The average molecular weight is 250 g/mol. The Bertz CT molecular complexity index is 383. The Morgan fingerprint density at radius 3 is 2.89 bits per heavy atom. The number of nitrogens with one attached hydrogen (secondary N) is 1. The van der Waals surface area contributed by atoms with Gasteiger partial charge in [0.15, 0.2) is 0 Å². The Kier molecular flexibility index (Phi) is 4.55. The van der Waals surface area contributed by atoms with E-state index in [9.17, 15) is 9.90 Å². The van der Waals surface area contributed by atoms with Crippen LogP contribution in [-0.2, 0) is 4.79 Å². The highest BCUT2D eigenvalue weighted by Gasteiger charge is 2.18. The number of carbonyl (C=O) groups excluding carboxylic acids is 1. The zero-order chi connectivity index (χ0) is 12.8. The van der Waals surface area contributed by atoms with Gasteiger partial charge in [0.1, 0.15) is 18.5 Å². The quantitative estimate of drug-likeness (QED) is 0.763. The fraction of sp³-hybridized carbons (Fsp3) is 0.462. The molecule has 1 saturated heterocycles. The van der Waals surface area contributed by atoms with Crippen LogP contribution in [0.2, 0.25) is 0 Å². The molecule has 98 valence electrons. The summed E-state index contributed by atoms with van der Waals surface area (Å²) in [6.45, 7) is 2.46. The topological polar surface area (TPSA) is 61.8 Å². The van der Waals surface area contributed by atoms with Crippen molar-refractivity contribution in [2.45, 2.75) is 6.10 Å². The van der Waals surface area contributed by atoms with Crippen LogP contribution in [0, 0.1) is 0 Å². The zero-order valence-corrected chi connectivity index (χ0v) is 10.2. The van der Waals surface area contributed by atoms with Crippen molar-refractivity contribution < 1.29 is 14.6 Å². The number of piperazine rings is 1. The molecule has 0 spiro atoms. The molecule has 0 saturated carbocycles. The van der Waals surface area contributed by atoms with Gasteiger partial charge in [0.05, 0.1) is 6.54 Å². The van der Waals surface area contributed by atoms with E-state index in [0.29, 0.717) is 19.6 Å². The predicted octanol–water partition coefficient (Wildman–Crippen LogP) is -0.142. The van der Waals surface area contributed by atoms with E-state index in [2.05, 4.69) is 5.32 Å². The van der Waals surface area contributed by atoms with Crippen molar-refractivity contribution in [2.75, 3.05) is 32.8 Å². The fourth-order valence-corrected chi connectivity index (χ4v) is 1.91. The number of nitrogens with zero attached hydrogens (tertiary/aromatic N) is 1. The largest absolute Gasteiger partial charge is 0.491 e. The van der Waals surface area contributed by atoms with E-state index in [-0.39, 0.29) is 12.5 Å². The molecule has 18 heavy (non-hydrogen) atoms. The standard InChI is InChI=1S/C13H18N2O3/c16-11(8-15-7-6-14-13(17)9-15)10-18-12-4-2-1-3-5-12/h1-5,11,16H,6-10H2,(H,14,17)/t11-/m0/s1. The highest BCUT2D eigenvalue weighted by atomic mass is 16.5. The number of para-hydroxylation sites is 1. The summed E-state index contributed by atoms with van der Waals surface area (Å²) in [4.78, 5) is 13.1. The zero-order valence-electron chi connectivity index (χ0n) is 10.2. The Balaban J connectivity index is 1.71. The lowest BCUT2D eigenvalue weighted by Crippen LogP contribution is -2.50. The summed E-state index contributed by atoms with van der Waals surface area (Å²) in [5, 5.41) is 12.6. The van der Waals surface area contributed by atoms with E-state index in [0.717, 1.165) is 12.3 Å². The summed E-state index contributed by atoms with van der Waals surface area (Å²) in [6.07, 6.45) is -0.587. The van der Waals surface area contributed by atoms with E-state index >= 15 is 0 Å². The van der Waals surface area contributed by atoms with Crippen LogP contribution in [0.15, 0.2) is 30.3 Å². The lowest BCUT2D eigenvalue weighted by molar-refractivity contribution is -0.124. The Morgan fingerprint density at radius 1 is 1.39 bits per heavy atom. The van der Waals surface area contributed by atoms with Crippen LogP contribution in [0.4, 0.5) is 0 Å². The maximum Gasteiger partial charge on any atom is 0.234 e. The van der Waals surface area contributed by atoms with Gasteiger partial charge in [-0.1, -0.05) is 18.2 Å². The van der Waals surface area contributed by atoms with Crippen LogP contribution in [0.3, 0.4) is 0 Å². The van der Waals surface area contributed by atoms with Crippen molar-refractivity contribution in [3.8, 4) is 5.75 Å². The van der Waals surface area contributed by atoms with Crippen LogP contribution in [-0.4, -0.2) is 54.8 Å². The highest BCUT2D eigenvalue weighted by molar-refractivity contribution is 5.78. The number of hydrogen-bond donors (Lipinski definition) is 2. The molecule has 1 fully saturated rings. The Hall–Kier alpha value is -1.59. The summed E-state index contributed by atoms with van der Waals surface area (Å²) in [6, 6.07) is 9.38. The average Bonchev–Trinajstić information content (AvgIpc) is 2.38. The molecule has 2 N–H and O–H groups in total. The number of β-amino-alcohol motifs (C(OH)–C–C–N with tert-alkyl or cyclic N) is 1. The van der Waals surface area contributed by atoms with Crippen molar-refractivity contribution in [3.05, 3.63) is 30.3 Å². The molecule has 5 nitrogen and oxygen atoms in total. The predicted molar refractivity (Wildman–Crippen MR) is 67.4 cm³/mol. The maximum atomic E-state index is 11.2. The van der Waals surface area contributed by atoms with Crippen LogP contribution in [0.5, 0.6) is 5.75 Å². The van der Waals surface area contributed by atoms with Gasteiger partial charge in [-0.25, -0.2) is 0 Å². The summed E-state index contributed by atoms with van der Waals surface area (Å²) < 4.78 is 5.46. The van der Waals surface area contributed by atoms with Gasteiger partial charge in [-0.3, -0.25) is 9.69 Å². The van der Waals surface area contributed by atoms with Crippen molar-refractivity contribution in [3.63, 3.8) is 0 Å². The summed E-state index contributed by atoms with van der Waals surface area (Å²) in [5.74, 6) is 0.755. The minimum atomic E-state index is -0.587. The van der Waals surface area contributed by atoms with Gasteiger partial charge in [0, 0.05) is 19.6 Å². The van der Waals surface area contributed by atoms with Crippen molar-refractivity contribution >= 4 is 5.91 Å². The molecule has 1 atom stereocenters. The normalized spacial score (nSPS) is 18.2. The second kappa shape index (κ2) is 6.37. The van der Waals surface area contributed by atoms with Gasteiger partial charge in [-0.2, -0.15) is 0 Å². The number of carbonyl (C=O) groups is 1. The highest BCUT2D eigenvalue weighted by Crippen LogP contribution is 2.08. The minimum absolute atomic E-state index is 0.0115. The smallest absolute Gasteiger partial charge is 0.234 e. The molecular formula is C13H18N2O3. The van der Waals surface area contributed by atoms with Crippen LogP contribution >= 0.6 is 0 Å². The van der Waals surface area contributed by atoms with Crippen molar-refractivity contribution in [2.24, 2.45) is 0 Å². The third kappa shape index (κ3) is 4.01. The number of hydrogen-bond acceptors (Lipinski definition) is 4. The van der Waals surface area contributed by atoms with Crippen LogP contribution in [0.1, 0.15) is 0 Å². The SMILES string of the molecule is O=C1CN(C[C@H](O)COc2ccccc2)CCN1. The van der Waals surface area contributed by atoms with Gasteiger partial charge in [0.2, 0.25) is 5.91 Å². The van der Waals surface area contributed by atoms with Crippen LogP contribution in [0.25, 0.3) is 0 Å². The van der Waals surface area contributed by atoms with Crippen molar-refractivity contribution in [1.82, 2.24) is 10.2 Å².